The first-order chi connectivity index (χ1) is 13.1. The number of nitrogens with zero attached hydrogens (tertiary/aromatic N) is 2. The van der Waals surface area contributed by atoms with Crippen molar-refractivity contribution in [1.29, 1.82) is 0 Å². The van der Waals surface area contributed by atoms with E-state index in [9.17, 15) is 4.79 Å². The summed E-state index contributed by atoms with van der Waals surface area (Å²) in [5.74, 6) is 1.46. The van der Waals surface area contributed by atoms with Gasteiger partial charge in [-0.1, -0.05) is 12.8 Å². The number of hydrogen-bond acceptors (Lipinski definition) is 3. The molecule has 1 saturated heterocycles. The molecule has 3 rings (SSSR count). The van der Waals surface area contributed by atoms with E-state index in [1.807, 2.05) is 48.5 Å². The summed E-state index contributed by atoms with van der Waals surface area (Å²) in [6.07, 6.45) is 9.91. The third kappa shape index (κ3) is 4.54. The lowest BCUT2D eigenvalue weighted by Gasteiger charge is -2.29. The number of hydrogen-bond donors (Lipinski definition) is 0. The van der Waals surface area contributed by atoms with Gasteiger partial charge in [-0.25, -0.2) is 0 Å². The van der Waals surface area contributed by atoms with E-state index in [-0.39, 0.29) is 11.9 Å². The van der Waals surface area contributed by atoms with Crippen LogP contribution in [0.2, 0.25) is 0 Å². The molecule has 1 aromatic carbocycles. The van der Waals surface area contributed by atoms with E-state index < -0.39 is 0 Å². The average molecular weight is 368 g/mol. The molecule has 144 valence electrons. The van der Waals surface area contributed by atoms with Crippen molar-refractivity contribution in [3.05, 3.63) is 53.9 Å². The molecule has 0 aliphatic carbocycles. The molecule has 0 saturated carbocycles. The van der Waals surface area contributed by atoms with E-state index in [4.69, 9.17) is 9.47 Å². The first-order valence-corrected chi connectivity index (χ1v) is 9.45. The van der Waals surface area contributed by atoms with Crippen LogP contribution in [0.5, 0.6) is 11.5 Å². The number of carbonyl (C=O) groups is 1. The highest BCUT2D eigenvalue weighted by Crippen LogP contribution is 2.30. The van der Waals surface area contributed by atoms with Crippen molar-refractivity contribution in [1.82, 2.24) is 9.47 Å². The molecule has 27 heavy (non-hydrogen) atoms. The van der Waals surface area contributed by atoms with Crippen molar-refractivity contribution >= 4 is 12.0 Å². The molecule has 1 aliphatic rings. The fourth-order valence-electron chi connectivity index (χ4n) is 3.69. The van der Waals surface area contributed by atoms with E-state index in [0.29, 0.717) is 11.5 Å². The predicted octanol–water partition coefficient (Wildman–Crippen LogP) is 4.20. The average Bonchev–Trinajstić information content (AvgIpc) is 2.97. The van der Waals surface area contributed by atoms with Gasteiger partial charge >= 0.3 is 0 Å². The Kier molecular flexibility index (Phi) is 6.22. The summed E-state index contributed by atoms with van der Waals surface area (Å²) in [6, 6.07) is 9.89. The molecule has 0 unspecified atom stereocenters. The third-order valence-corrected chi connectivity index (χ3v) is 5.15. The van der Waals surface area contributed by atoms with Crippen LogP contribution in [0.15, 0.2) is 42.6 Å². The second-order valence-electron chi connectivity index (χ2n) is 6.92. The van der Waals surface area contributed by atoms with Gasteiger partial charge in [-0.2, -0.15) is 0 Å². The molecule has 5 nitrogen and oxygen atoms in total. The molecule has 1 amide bonds. The van der Waals surface area contributed by atoms with E-state index in [1.165, 1.54) is 12.1 Å². The molecule has 2 heterocycles. The molecular formula is C22H28N2O3. The second kappa shape index (κ2) is 8.80. The number of carbonyl (C=O) groups excluding carboxylic acids is 1. The van der Waals surface area contributed by atoms with Gasteiger partial charge in [-0.05, 0) is 48.7 Å². The maximum absolute atomic E-state index is 13.0. The van der Waals surface area contributed by atoms with Gasteiger partial charge in [-0.3, -0.25) is 4.79 Å². The van der Waals surface area contributed by atoms with E-state index in [2.05, 4.69) is 10.6 Å². The molecule has 1 fully saturated rings. The van der Waals surface area contributed by atoms with Crippen LogP contribution < -0.4 is 9.47 Å². The zero-order chi connectivity index (χ0) is 19.2. The Hall–Kier alpha value is -2.69. The Balaban J connectivity index is 1.82. The number of aryl methyl sites for hydroxylation is 1. The monoisotopic (exact) mass is 368 g/mol. The Bertz CT molecular complexity index is 787. The highest BCUT2D eigenvalue weighted by Gasteiger charge is 2.26. The number of benzene rings is 1. The molecule has 5 heteroatoms. The van der Waals surface area contributed by atoms with Crippen molar-refractivity contribution in [3.8, 4) is 11.5 Å². The summed E-state index contributed by atoms with van der Waals surface area (Å²) in [5, 5.41) is 0. The van der Waals surface area contributed by atoms with E-state index in [0.717, 1.165) is 31.4 Å². The van der Waals surface area contributed by atoms with Crippen LogP contribution in [-0.2, 0) is 11.8 Å². The van der Waals surface area contributed by atoms with E-state index in [1.54, 1.807) is 20.3 Å². The van der Waals surface area contributed by atoms with Crippen LogP contribution in [-0.4, -0.2) is 36.1 Å². The molecule has 2 aromatic rings. The second-order valence-corrected chi connectivity index (χ2v) is 6.92. The first-order valence-electron chi connectivity index (χ1n) is 9.45. The molecule has 1 aliphatic heterocycles. The van der Waals surface area contributed by atoms with Crippen molar-refractivity contribution in [2.75, 3.05) is 20.8 Å². The summed E-state index contributed by atoms with van der Waals surface area (Å²) < 4.78 is 12.7. The van der Waals surface area contributed by atoms with Crippen LogP contribution in [0, 0.1) is 0 Å². The number of methoxy groups -OCH3 is 2. The third-order valence-electron chi connectivity index (χ3n) is 5.15. The lowest BCUT2D eigenvalue weighted by Crippen LogP contribution is -2.34. The van der Waals surface area contributed by atoms with E-state index >= 15 is 0 Å². The highest BCUT2D eigenvalue weighted by molar-refractivity contribution is 5.92. The van der Waals surface area contributed by atoms with Gasteiger partial charge in [0, 0.05) is 37.6 Å². The van der Waals surface area contributed by atoms with Gasteiger partial charge in [0.2, 0.25) is 5.91 Å². The minimum Gasteiger partial charge on any atom is -0.497 e. The molecule has 1 aromatic heterocycles. The first kappa shape index (κ1) is 19.1. The van der Waals surface area contributed by atoms with Gasteiger partial charge in [0.25, 0.3) is 0 Å². The van der Waals surface area contributed by atoms with Gasteiger partial charge in [-0.15, -0.1) is 0 Å². The quantitative estimate of drug-likeness (QED) is 0.743. The lowest BCUT2D eigenvalue weighted by molar-refractivity contribution is -0.128. The molecule has 0 radical (unpaired) electrons. The Morgan fingerprint density at radius 3 is 2.48 bits per heavy atom. The number of likely N-dealkylation sites (tertiary alicyclic amines) is 1. The summed E-state index contributed by atoms with van der Waals surface area (Å²) >= 11 is 0. The molecular weight excluding hydrogens is 340 g/mol. The lowest BCUT2D eigenvalue weighted by atomic mass is 10.1. The SMILES string of the molecule is COc1cc(/C=C\C(=O)N2CCCCC[C@@H]2c2cccn2C)cc(OC)c1. The van der Waals surface area contributed by atoms with Gasteiger partial charge < -0.3 is 18.9 Å². The largest absolute Gasteiger partial charge is 0.497 e. The van der Waals surface area contributed by atoms with Crippen LogP contribution >= 0.6 is 0 Å². The minimum atomic E-state index is 0.0462. The summed E-state index contributed by atoms with van der Waals surface area (Å²) in [7, 11) is 5.28. The van der Waals surface area contributed by atoms with Gasteiger partial charge in [0.15, 0.2) is 0 Å². The normalized spacial score (nSPS) is 17.7. The summed E-state index contributed by atoms with van der Waals surface area (Å²) in [5.41, 5.74) is 2.08. The van der Waals surface area contributed by atoms with Crippen molar-refractivity contribution in [2.24, 2.45) is 7.05 Å². The fraction of sp³-hybridized carbons (Fsp3) is 0.409. The fourth-order valence-corrected chi connectivity index (χ4v) is 3.69. The molecule has 0 bridgehead atoms. The van der Waals surface area contributed by atoms with Crippen LogP contribution in [0.4, 0.5) is 0 Å². The minimum absolute atomic E-state index is 0.0462. The summed E-state index contributed by atoms with van der Waals surface area (Å²) in [4.78, 5) is 15.0. The maximum atomic E-state index is 13.0. The van der Waals surface area contributed by atoms with Crippen molar-refractivity contribution < 1.29 is 14.3 Å². The van der Waals surface area contributed by atoms with Gasteiger partial charge in [0.05, 0.1) is 20.3 Å². The van der Waals surface area contributed by atoms with Crippen LogP contribution in [0.1, 0.15) is 43.0 Å². The number of ether oxygens (including phenoxy) is 2. The Labute approximate surface area is 161 Å². The van der Waals surface area contributed by atoms with Gasteiger partial charge in [0.1, 0.15) is 11.5 Å². The Morgan fingerprint density at radius 2 is 1.85 bits per heavy atom. The maximum Gasteiger partial charge on any atom is 0.247 e. The van der Waals surface area contributed by atoms with Crippen LogP contribution in [0.25, 0.3) is 6.08 Å². The Morgan fingerprint density at radius 1 is 1.11 bits per heavy atom. The summed E-state index contributed by atoms with van der Waals surface area (Å²) in [6.45, 7) is 0.792. The topological polar surface area (TPSA) is 43.7 Å². The smallest absolute Gasteiger partial charge is 0.247 e. The van der Waals surface area contributed by atoms with Crippen molar-refractivity contribution in [3.63, 3.8) is 0 Å². The van der Waals surface area contributed by atoms with Crippen LogP contribution in [0.3, 0.4) is 0 Å². The number of aromatic nitrogens is 1. The number of rotatable bonds is 5. The molecule has 0 spiro atoms. The zero-order valence-electron chi connectivity index (χ0n) is 16.4. The zero-order valence-corrected chi connectivity index (χ0v) is 16.4. The predicted molar refractivity (Wildman–Crippen MR) is 107 cm³/mol. The molecule has 0 N–H and O–H groups in total. The van der Waals surface area contributed by atoms with Crippen molar-refractivity contribution in [2.45, 2.75) is 31.7 Å². The molecule has 1 atom stereocenters. The number of amides is 1. The standard InChI is InChI=1S/C22H28N2O3/c1-23-12-7-9-20(23)21-8-5-4-6-13-24(21)22(25)11-10-17-14-18(26-2)16-19(15-17)27-3/h7,9-12,14-16,21H,4-6,8,13H2,1-3H3/b11-10-/t21-/m1/s1. The highest BCUT2D eigenvalue weighted by atomic mass is 16.5.